The molecule has 1 aromatic rings. The zero-order chi connectivity index (χ0) is 20.0. The summed E-state index contributed by atoms with van der Waals surface area (Å²) < 4.78 is 0. The Balaban J connectivity index is 1.27. The number of imide groups is 1. The Morgan fingerprint density at radius 1 is 1.17 bits per heavy atom. The van der Waals surface area contributed by atoms with E-state index < -0.39 is 6.04 Å². The standard InChI is InChI=1S/C22H28N4O3/c27-19-6-5-17(20(28)25-19)26-12-15-4-3-14(10-16(15)21(26)29)11-24-18-2-1-7-22(18)8-9-23-13-22/h3-4,10,17-18,23-24H,1-2,5-9,11-13H2,(H,25,27,28). The van der Waals surface area contributed by atoms with Crippen LogP contribution in [0.3, 0.4) is 0 Å². The molecule has 3 amide bonds. The minimum atomic E-state index is -0.553. The van der Waals surface area contributed by atoms with E-state index in [2.05, 4.69) is 22.0 Å². The Bertz CT molecular complexity index is 856. The first-order valence-electron chi connectivity index (χ1n) is 10.8. The van der Waals surface area contributed by atoms with Crippen LogP contribution in [0.1, 0.15) is 60.0 Å². The van der Waals surface area contributed by atoms with Gasteiger partial charge >= 0.3 is 0 Å². The minimum Gasteiger partial charge on any atom is -0.322 e. The highest BCUT2D eigenvalue weighted by molar-refractivity contribution is 6.05. The molecule has 3 atom stereocenters. The summed E-state index contributed by atoms with van der Waals surface area (Å²) in [5.74, 6) is -0.722. The van der Waals surface area contributed by atoms with Crippen molar-refractivity contribution < 1.29 is 14.4 Å². The summed E-state index contributed by atoms with van der Waals surface area (Å²) in [6.07, 6.45) is 5.72. The molecule has 1 saturated carbocycles. The fraction of sp³-hybridized carbons (Fsp3) is 0.591. The first kappa shape index (κ1) is 18.8. The Labute approximate surface area is 170 Å². The molecule has 1 aromatic carbocycles. The molecule has 3 heterocycles. The molecule has 2 saturated heterocycles. The van der Waals surface area contributed by atoms with Crippen molar-refractivity contribution >= 4 is 17.7 Å². The number of benzene rings is 1. The largest absolute Gasteiger partial charge is 0.322 e. The van der Waals surface area contributed by atoms with Crippen molar-refractivity contribution in [1.82, 2.24) is 20.9 Å². The molecule has 0 aromatic heterocycles. The predicted octanol–water partition coefficient (Wildman–Crippen LogP) is 1.07. The first-order valence-corrected chi connectivity index (χ1v) is 10.8. The number of amides is 3. The molecule has 154 valence electrons. The number of nitrogens with zero attached hydrogens (tertiary/aromatic N) is 1. The summed E-state index contributed by atoms with van der Waals surface area (Å²) in [6, 6.07) is 6.05. The van der Waals surface area contributed by atoms with Crippen LogP contribution in [0.15, 0.2) is 18.2 Å². The monoisotopic (exact) mass is 396 g/mol. The number of fused-ring (bicyclic) bond motifs is 1. The SMILES string of the molecule is O=C1CCC(N2Cc3ccc(CNC4CCCC45CCNC5)cc3C2=O)C(=O)N1. The van der Waals surface area contributed by atoms with Gasteiger partial charge in [-0.1, -0.05) is 18.6 Å². The molecule has 1 spiro atoms. The third kappa shape index (κ3) is 3.26. The molecule has 3 fully saturated rings. The molecular formula is C22H28N4O3. The summed E-state index contributed by atoms with van der Waals surface area (Å²) >= 11 is 0. The summed E-state index contributed by atoms with van der Waals surface area (Å²) in [5, 5.41) is 9.63. The van der Waals surface area contributed by atoms with Crippen LogP contribution in [0.5, 0.6) is 0 Å². The van der Waals surface area contributed by atoms with E-state index >= 15 is 0 Å². The van der Waals surface area contributed by atoms with E-state index in [1.165, 1.54) is 25.7 Å². The van der Waals surface area contributed by atoms with Gasteiger partial charge in [-0.3, -0.25) is 19.7 Å². The van der Waals surface area contributed by atoms with E-state index in [0.29, 0.717) is 30.0 Å². The second-order valence-corrected chi connectivity index (χ2v) is 9.01. The fourth-order valence-corrected chi connectivity index (χ4v) is 5.68. The van der Waals surface area contributed by atoms with Crippen LogP contribution >= 0.6 is 0 Å². The van der Waals surface area contributed by atoms with E-state index in [1.807, 2.05) is 12.1 Å². The van der Waals surface area contributed by atoms with Crippen LogP contribution in [-0.2, 0) is 22.7 Å². The highest BCUT2D eigenvalue weighted by Crippen LogP contribution is 2.43. The van der Waals surface area contributed by atoms with Crippen molar-refractivity contribution in [2.45, 2.75) is 63.7 Å². The summed E-state index contributed by atoms with van der Waals surface area (Å²) in [7, 11) is 0. The second kappa shape index (κ2) is 7.22. The third-order valence-electron chi connectivity index (χ3n) is 7.33. The van der Waals surface area contributed by atoms with Gasteiger partial charge in [0.15, 0.2) is 0 Å². The number of rotatable bonds is 4. The van der Waals surface area contributed by atoms with Crippen LogP contribution in [-0.4, -0.2) is 47.8 Å². The van der Waals surface area contributed by atoms with E-state index in [4.69, 9.17) is 0 Å². The van der Waals surface area contributed by atoms with Crippen molar-refractivity contribution in [2.75, 3.05) is 13.1 Å². The maximum Gasteiger partial charge on any atom is 0.255 e. The highest BCUT2D eigenvalue weighted by atomic mass is 16.2. The Kier molecular flexibility index (Phi) is 4.67. The molecule has 0 bridgehead atoms. The first-order chi connectivity index (χ1) is 14.1. The Morgan fingerprint density at radius 3 is 2.86 bits per heavy atom. The van der Waals surface area contributed by atoms with Crippen molar-refractivity contribution in [3.63, 3.8) is 0 Å². The average molecular weight is 396 g/mol. The van der Waals surface area contributed by atoms with Gasteiger partial charge in [-0.2, -0.15) is 0 Å². The number of hydrogen-bond acceptors (Lipinski definition) is 5. The van der Waals surface area contributed by atoms with Gasteiger partial charge in [-0.05, 0) is 54.8 Å². The van der Waals surface area contributed by atoms with Gasteiger partial charge < -0.3 is 15.5 Å². The number of nitrogens with one attached hydrogen (secondary N) is 3. The molecule has 29 heavy (non-hydrogen) atoms. The minimum absolute atomic E-state index is 0.103. The Morgan fingerprint density at radius 2 is 2.07 bits per heavy atom. The molecule has 3 aliphatic heterocycles. The van der Waals surface area contributed by atoms with Crippen LogP contribution in [0.4, 0.5) is 0 Å². The van der Waals surface area contributed by atoms with E-state index in [0.717, 1.165) is 30.8 Å². The zero-order valence-corrected chi connectivity index (χ0v) is 16.6. The molecule has 4 aliphatic rings. The van der Waals surface area contributed by atoms with E-state index in [-0.39, 0.29) is 24.1 Å². The van der Waals surface area contributed by atoms with Gasteiger partial charge in [-0.15, -0.1) is 0 Å². The van der Waals surface area contributed by atoms with Crippen molar-refractivity contribution in [1.29, 1.82) is 0 Å². The molecule has 3 N–H and O–H groups in total. The maximum atomic E-state index is 13.0. The van der Waals surface area contributed by atoms with E-state index in [1.54, 1.807) is 4.90 Å². The third-order valence-corrected chi connectivity index (χ3v) is 7.33. The van der Waals surface area contributed by atoms with Gasteiger partial charge in [0.05, 0.1) is 0 Å². The fourth-order valence-electron chi connectivity index (χ4n) is 5.68. The van der Waals surface area contributed by atoms with Crippen LogP contribution < -0.4 is 16.0 Å². The van der Waals surface area contributed by atoms with Crippen molar-refractivity contribution in [3.8, 4) is 0 Å². The number of carbonyl (C=O) groups is 3. The van der Waals surface area contributed by atoms with Crippen LogP contribution in [0.25, 0.3) is 0 Å². The topological polar surface area (TPSA) is 90.5 Å². The normalized spacial score (nSPS) is 31.6. The molecule has 7 heteroatoms. The lowest BCUT2D eigenvalue weighted by Crippen LogP contribution is -2.52. The number of piperidine rings is 1. The predicted molar refractivity (Wildman–Crippen MR) is 107 cm³/mol. The quantitative estimate of drug-likeness (QED) is 0.663. The molecule has 7 nitrogen and oxygen atoms in total. The lowest BCUT2D eigenvalue weighted by Gasteiger charge is -2.31. The number of hydrogen-bond donors (Lipinski definition) is 3. The molecule has 5 rings (SSSR count). The second-order valence-electron chi connectivity index (χ2n) is 9.01. The maximum absolute atomic E-state index is 13.0. The van der Waals surface area contributed by atoms with Crippen molar-refractivity contribution in [2.24, 2.45) is 5.41 Å². The highest BCUT2D eigenvalue weighted by Gasteiger charge is 2.44. The summed E-state index contributed by atoms with van der Waals surface area (Å²) in [5.41, 5.74) is 3.16. The van der Waals surface area contributed by atoms with Gasteiger partial charge in [0.1, 0.15) is 6.04 Å². The van der Waals surface area contributed by atoms with Crippen LogP contribution in [0, 0.1) is 5.41 Å². The van der Waals surface area contributed by atoms with Gasteiger partial charge in [-0.25, -0.2) is 0 Å². The Hall–Kier alpha value is -2.25. The van der Waals surface area contributed by atoms with Gasteiger partial charge in [0.25, 0.3) is 5.91 Å². The van der Waals surface area contributed by atoms with E-state index in [9.17, 15) is 14.4 Å². The van der Waals surface area contributed by atoms with Crippen LogP contribution in [0.2, 0.25) is 0 Å². The lowest BCUT2D eigenvalue weighted by molar-refractivity contribution is -0.136. The van der Waals surface area contributed by atoms with Gasteiger partial charge in [0.2, 0.25) is 11.8 Å². The van der Waals surface area contributed by atoms with Gasteiger partial charge in [0, 0.05) is 37.7 Å². The smallest absolute Gasteiger partial charge is 0.255 e. The molecule has 3 unspecified atom stereocenters. The lowest BCUT2D eigenvalue weighted by atomic mass is 9.81. The summed E-state index contributed by atoms with van der Waals surface area (Å²) in [6.45, 7) is 3.41. The zero-order valence-electron chi connectivity index (χ0n) is 16.6. The summed E-state index contributed by atoms with van der Waals surface area (Å²) in [4.78, 5) is 38.2. The molecular weight excluding hydrogens is 368 g/mol. The average Bonchev–Trinajstić information content (AvgIpc) is 3.42. The molecule has 1 aliphatic carbocycles. The van der Waals surface area contributed by atoms with Crippen molar-refractivity contribution in [3.05, 3.63) is 34.9 Å². The molecule has 0 radical (unpaired) electrons. The number of carbonyl (C=O) groups excluding carboxylic acids is 3.